The van der Waals surface area contributed by atoms with Crippen LogP contribution in [0.3, 0.4) is 0 Å². The van der Waals surface area contributed by atoms with Crippen LogP contribution in [0.15, 0.2) is 48.8 Å². The van der Waals surface area contributed by atoms with Gasteiger partial charge in [-0.1, -0.05) is 0 Å². The molecule has 1 N–H and O–H groups in total. The zero-order valence-corrected chi connectivity index (χ0v) is 17.6. The number of hydrogen-bond donors (Lipinski definition) is 1. The summed E-state index contributed by atoms with van der Waals surface area (Å²) in [7, 11) is 3.17. The Labute approximate surface area is 183 Å². The lowest BCUT2D eigenvalue weighted by Crippen LogP contribution is -2.26. The van der Waals surface area contributed by atoms with E-state index in [9.17, 15) is 13.2 Å². The van der Waals surface area contributed by atoms with Crippen LogP contribution in [0.4, 0.5) is 24.7 Å². The highest BCUT2D eigenvalue weighted by Crippen LogP contribution is 2.33. The van der Waals surface area contributed by atoms with Gasteiger partial charge in [0.15, 0.2) is 11.5 Å². The summed E-state index contributed by atoms with van der Waals surface area (Å²) in [6.07, 6.45) is -0.883. The van der Waals surface area contributed by atoms with E-state index >= 15 is 0 Å². The molecule has 1 fully saturated rings. The summed E-state index contributed by atoms with van der Waals surface area (Å²) in [4.78, 5) is 14.1. The Morgan fingerprint density at radius 1 is 1.06 bits per heavy atom. The molecule has 1 aliphatic rings. The highest BCUT2D eigenvalue weighted by atomic mass is 19.4. The van der Waals surface area contributed by atoms with Crippen LogP contribution >= 0.6 is 0 Å². The van der Waals surface area contributed by atoms with E-state index in [1.165, 1.54) is 12.4 Å². The van der Waals surface area contributed by atoms with Gasteiger partial charge in [0, 0.05) is 67.0 Å². The summed E-state index contributed by atoms with van der Waals surface area (Å²) in [6.45, 7) is 1.31. The quantitative estimate of drug-likeness (QED) is 0.608. The van der Waals surface area contributed by atoms with Crippen molar-refractivity contribution in [2.75, 3.05) is 37.5 Å². The summed E-state index contributed by atoms with van der Waals surface area (Å²) in [5.74, 6) is 1.44. The van der Waals surface area contributed by atoms with Crippen LogP contribution < -0.4 is 19.7 Å². The number of alkyl halides is 3. The van der Waals surface area contributed by atoms with E-state index in [-0.39, 0.29) is 17.7 Å². The standard InChI is InChI=1S/C22H22F3N5O2/c1-31-17-8-16(9-18(10-17)32-2)30-7-5-15(13-30)27-20-11-19(22(23,24)25)28-21(29-20)14-4-3-6-26-12-14/h3-4,6,8-12,15H,5,7,13H2,1-2H3,(H,27,28,29). The number of halogens is 3. The van der Waals surface area contributed by atoms with Gasteiger partial charge < -0.3 is 19.7 Å². The van der Waals surface area contributed by atoms with E-state index < -0.39 is 11.9 Å². The molecule has 10 heteroatoms. The van der Waals surface area contributed by atoms with Gasteiger partial charge in [-0.05, 0) is 18.6 Å². The maximum Gasteiger partial charge on any atom is 0.433 e. The molecule has 3 heterocycles. The van der Waals surface area contributed by atoms with Crippen molar-refractivity contribution < 1.29 is 22.6 Å². The number of nitrogens with one attached hydrogen (secondary N) is 1. The summed E-state index contributed by atoms with van der Waals surface area (Å²) < 4.78 is 51.0. The molecule has 168 valence electrons. The van der Waals surface area contributed by atoms with Crippen LogP contribution in [0.2, 0.25) is 0 Å². The Balaban J connectivity index is 1.56. The lowest BCUT2D eigenvalue weighted by atomic mass is 10.2. The van der Waals surface area contributed by atoms with Crippen LogP contribution in [-0.2, 0) is 6.18 Å². The molecule has 3 aromatic rings. The van der Waals surface area contributed by atoms with Crippen LogP contribution in [0.25, 0.3) is 11.4 Å². The highest BCUT2D eigenvalue weighted by molar-refractivity contribution is 5.58. The minimum Gasteiger partial charge on any atom is -0.497 e. The Hall–Kier alpha value is -3.56. The van der Waals surface area contributed by atoms with Crippen LogP contribution in [0, 0.1) is 0 Å². The monoisotopic (exact) mass is 445 g/mol. The van der Waals surface area contributed by atoms with Crippen molar-refractivity contribution in [1.82, 2.24) is 15.0 Å². The predicted molar refractivity (Wildman–Crippen MR) is 114 cm³/mol. The average molecular weight is 445 g/mol. The predicted octanol–water partition coefficient (Wildman–Crippen LogP) is 4.27. The summed E-state index contributed by atoms with van der Waals surface area (Å²) in [6, 6.07) is 9.69. The van der Waals surface area contributed by atoms with E-state index in [0.29, 0.717) is 23.6 Å². The second-order valence-corrected chi connectivity index (χ2v) is 7.35. The lowest BCUT2D eigenvalue weighted by Gasteiger charge is -2.21. The Bertz CT molecular complexity index is 1060. The number of nitrogens with zero attached hydrogens (tertiary/aromatic N) is 4. The zero-order chi connectivity index (χ0) is 22.7. The summed E-state index contributed by atoms with van der Waals surface area (Å²) >= 11 is 0. The largest absolute Gasteiger partial charge is 0.497 e. The Morgan fingerprint density at radius 2 is 1.81 bits per heavy atom. The minimum atomic E-state index is -4.59. The van der Waals surface area contributed by atoms with E-state index in [1.807, 2.05) is 12.1 Å². The molecule has 1 saturated heterocycles. The second-order valence-electron chi connectivity index (χ2n) is 7.35. The molecule has 1 atom stereocenters. The number of pyridine rings is 1. The van der Waals surface area contributed by atoms with Gasteiger partial charge in [0.25, 0.3) is 0 Å². The SMILES string of the molecule is COc1cc(OC)cc(N2CCC(Nc3cc(C(F)(F)F)nc(-c4cccnc4)n3)C2)c1. The van der Waals surface area contributed by atoms with Crippen molar-refractivity contribution >= 4 is 11.5 Å². The third-order valence-electron chi connectivity index (χ3n) is 5.18. The molecule has 0 amide bonds. The van der Waals surface area contributed by atoms with E-state index in [2.05, 4.69) is 25.2 Å². The normalized spacial score (nSPS) is 16.2. The van der Waals surface area contributed by atoms with Crippen LogP contribution in [-0.4, -0.2) is 48.3 Å². The topological polar surface area (TPSA) is 72.4 Å². The van der Waals surface area contributed by atoms with Crippen LogP contribution in [0.5, 0.6) is 11.5 Å². The van der Waals surface area contributed by atoms with Crippen molar-refractivity contribution in [1.29, 1.82) is 0 Å². The maximum atomic E-state index is 13.4. The first-order valence-corrected chi connectivity index (χ1v) is 9.97. The fourth-order valence-corrected chi connectivity index (χ4v) is 3.59. The van der Waals surface area contributed by atoms with Crippen molar-refractivity contribution in [2.24, 2.45) is 0 Å². The number of aromatic nitrogens is 3. The van der Waals surface area contributed by atoms with Crippen LogP contribution in [0.1, 0.15) is 12.1 Å². The summed E-state index contributed by atoms with van der Waals surface area (Å²) in [5, 5.41) is 3.14. The molecular formula is C22H22F3N5O2. The van der Waals surface area contributed by atoms with Gasteiger partial charge in [0.05, 0.1) is 14.2 Å². The number of anilines is 2. The van der Waals surface area contributed by atoms with Gasteiger partial charge in [0.1, 0.15) is 17.3 Å². The molecule has 32 heavy (non-hydrogen) atoms. The van der Waals surface area contributed by atoms with Gasteiger partial charge in [-0.15, -0.1) is 0 Å². The maximum absolute atomic E-state index is 13.4. The molecule has 1 aliphatic heterocycles. The smallest absolute Gasteiger partial charge is 0.433 e. The molecule has 0 bridgehead atoms. The molecule has 0 radical (unpaired) electrons. The van der Waals surface area contributed by atoms with Crippen molar-refractivity contribution in [3.05, 3.63) is 54.5 Å². The van der Waals surface area contributed by atoms with Gasteiger partial charge >= 0.3 is 6.18 Å². The second kappa shape index (κ2) is 8.89. The highest BCUT2D eigenvalue weighted by Gasteiger charge is 2.34. The average Bonchev–Trinajstić information content (AvgIpc) is 3.27. The molecule has 0 saturated carbocycles. The number of ether oxygens (including phenoxy) is 2. The first kappa shape index (κ1) is 21.7. The van der Waals surface area contributed by atoms with E-state index in [0.717, 1.165) is 24.7 Å². The fraction of sp³-hybridized carbons (Fsp3) is 0.318. The molecular weight excluding hydrogens is 423 g/mol. The molecule has 1 unspecified atom stereocenters. The lowest BCUT2D eigenvalue weighted by molar-refractivity contribution is -0.141. The first-order valence-electron chi connectivity index (χ1n) is 9.97. The first-order chi connectivity index (χ1) is 15.4. The van der Waals surface area contributed by atoms with Crippen molar-refractivity contribution in [3.63, 3.8) is 0 Å². The number of hydrogen-bond acceptors (Lipinski definition) is 7. The molecule has 2 aromatic heterocycles. The number of rotatable bonds is 6. The van der Waals surface area contributed by atoms with Gasteiger partial charge in [-0.25, -0.2) is 9.97 Å². The fourth-order valence-electron chi connectivity index (χ4n) is 3.59. The van der Waals surface area contributed by atoms with Crippen molar-refractivity contribution in [2.45, 2.75) is 18.6 Å². The molecule has 0 spiro atoms. The van der Waals surface area contributed by atoms with Crippen molar-refractivity contribution in [3.8, 4) is 22.9 Å². The number of methoxy groups -OCH3 is 2. The Kier molecular flexibility index (Phi) is 6.02. The number of benzene rings is 1. The molecule has 1 aromatic carbocycles. The third-order valence-corrected chi connectivity index (χ3v) is 5.18. The zero-order valence-electron chi connectivity index (χ0n) is 17.6. The van der Waals surface area contributed by atoms with Gasteiger partial charge in [-0.3, -0.25) is 4.98 Å². The minimum absolute atomic E-state index is 0.0252. The van der Waals surface area contributed by atoms with E-state index in [1.54, 1.807) is 32.4 Å². The third kappa shape index (κ3) is 4.84. The molecule has 7 nitrogen and oxygen atoms in total. The molecule has 0 aliphatic carbocycles. The van der Waals surface area contributed by atoms with Gasteiger partial charge in [0.2, 0.25) is 0 Å². The van der Waals surface area contributed by atoms with Gasteiger partial charge in [-0.2, -0.15) is 13.2 Å². The summed E-state index contributed by atoms with van der Waals surface area (Å²) in [5.41, 5.74) is 0.333. The Morgan fingerprint density at radius 3 is 2.44 bits per heavy atom. The molecule has 4 rings (SSSR count). The van der Waals surface area contributed by atoms with E-state index in [4.69, 9.17) is 9.47 Å².